The fraction of sp³-hybridized carbons (Fsp3) is 0.700. The second-order valence-corrected chi connectivity index (χ2v) is 3.49. The number of amides is 1. The maximum absolute atomic E-state index is 11.6. The molecule has 0 aromatic rings. The van der Waals surface area contributed by atoms with E-state index in [0.29, 0.717) is 19.5 Å². The highest BCUT2D eigenvalue weighted by molar-refractivity contribution is 5.92. The summed E-state index contributed by atoms with van der Waals surface area (Å²) >= 11 is 0. The fourth-order valence-electron chi connectivity index (χ4n) is 1.57. The van der Waals surface area contributed by atoms with Gasteiger partial charge in [0, 0.05) is 18.7 Å². The number of β-amino-alcohol motifs (C(OH)–C–C–N with tert-alkyl or cyclic N) is 1. The van der Waals surface area contributed by atoms with E-state index in [1.165, 1.54) is 0 Å². The molecule has 1 saturated heterocycles. The standard InChI is InChI=1S/C10H17NO2/c1-3-4-8(2)10(13)11-6-5-9(12)7-11/h4,9,12H,3,5-7H2,1-2H3/t9-/m0/s1. The predicted molar refractivity (Wildman–Crippen MR) is 51.3 cm³/mol. The van der Waals surface area contributed by atoms with Crippen molar-refractivity contribution in [3.8, 4) is 0 Å². The van der Waals surface area contributed by atoms with Crippen molar-refractivity contribution < 1.29 is 9.90 Å². The first-order valence-corrected chi connectivity index (χ1v) is 4.79. The van der Waals surface area contributed by atoms with Crippen molar-refractivity contribution in [1.82, 2.24) is 4.90 Å². The summed E-state index contributed by atoms with van der Waals surface area (Å²) in [5.74, 6) is 0.0680. The number of hydrogen-bond acceptors (Lipinski definition) is 2. The van der Waals surface area contributed by atoms with Crippen LogP contribution in [0.1, 0.15) is 26.7 Å². The lowest BCUT2D eigenvalue weighted by atomic mass is 10.2. The van der Waals surface area contributed by atoms with Crippen molar-refractivity contribution in [3.63, 3.8) is 0 Å². The van der Waals surface area contributed by atoms with Crippen LogP contribution in [-0.2, 0) is 4.79 Å². The minimum atomic E-state index is -0.321. The molecule has 74 valence electrons. The van der Waals surface area contributed by atoms with Gasteiger partial charge in [0.2, 0.25) is 5.91 Å². The molecule has 3 nitrogen and oxygen atoms in total. The van der Waals surface area contributed by atoms with Crippen LogP contribution in [0, 0.1) is 0 Å². The highest BCUT2D eigenvalue weighted by Crippen LogP contribution is 2.12. The van der Waals surface area contributed by atoms with Gasteiger partial charge < -0.3 is 10.0 Å². The quantitative estimate of drug-likeness (QED) is 0.647. The van der Waals surface area contributed by atoms with Crippen molar-refractivity contribution >= 4 is 5.91 Å². The topological polar surface area (TPSA) is 40.5 Å². The van der Waals surface area contributed by atoms with Crippen LogP contribution in [0.3, 0.4) is 0 Å². The van der Waals surface area contributed by atoms with E-state index < -0.39 is 0 Å². The number of aliphatic hydroxyl groups is 1. The zero-order valence-corrected chi connectivity index (χ0v) is 8.29. The van der Waals surface area contributed by atoms with Crippen LogP contribution in [0.5, 0.6) is 0 Å². The number of hydrogen-bond donors (Lipinski definition) is 1. The third-order valence-electron chi connectivity index (χ3n) is 2.30. The molecule has 1 fully saturated rings. The van der Waals surface area contributed by atoms with Gasteiger partial charge in [-0.2, -0.15) is 0 Å². The Morgan fingerprint density at radius 2 is 2.38 bits per heavy atom. The molecule has 1 aliphatic heterocycles. The Kier molecular flexibility index (Phi) is 3.48. The fourth-order valence-corrected chi connectivity index (χ4v) is 1.57. The monoisotopic (exact) mass is 183 g/mol. The molecule has 1 atom stereocenters. The Morgan fingerprint density at radius 1 is 1.69 bits per heavy atom. The van der Waals surface area contributed by atoms with Gasteiger partial charge in [-0.3, -0.25) is 4.79 Å². The molecule has 1 rings (SSSR count). The minimum Gasteiger partial charge on any atom is -0.391 e. The van der Waals surface area contributed by atoms with Crippen LogP contribution in [0.4, 0.5) is 0 Å². The van der Waals surface area contributed by atoms with Crippen molar-refractivity contribution in [3.05, 3.63) is 11.6 Å². The molecular weight excluding hydrogens is 166 g/mol. The van der Waals surface area contributed by atoms with E-state index in [2.05, 4.69) is 0 Å². The van der Waals surface area contributed by atoms with Gasteiger partial charge in [-0.05, 0) is 19.8 Å². The van der Waals surface area contributed by atoms with Crippen LogP contribution in [0.25, 0.3) is 0 Å². The van der Waals surface area contributed by atoms with Crippen LogP contribution in [0.2, 0.25) is 0 Å². The van der Waals surface area contributed by atoms with Gasteiger partial charge in [0.25, 0.3) is 0 Å². The predicted octanol–water partition coefficient (Wildman–Crippen LogP) is 0.936. The Labute approximate surface area is 79.0 Å². The first-order valence-electron chi connectivity index (χ1n) is 4.79. The minimum absolute atomic E-state index is 0.0680. The summed E-state index contributed by atoms with van der Waals surface area (Å²) < 4.78 is 0. The molecule has 3 heteroatoms. The molecule has 0 spiro atoms. The van der Waals surface area contributed by atoms with E-state index in [0.717, 1.165) is 12.0 Å². The number of aliphatic hydroxyl groups excluding tert-OH is 1. The number of carbonyl (C=O) groups is 1. The van der Waals surface area contributed by atoms with E-state index in [1.807, 2.05) is 19.9 Å². The molecule has 1 amide bonds. The average molecular weight is 183 g/mol. The van der Waals surface area contributed by atoms with Gasteiger partial charge in [0.15, 0.2) is 0 Å². The summed E-state index contributed by atoms with van der Waals surface area (Å²) in [6.07, 6.45) is 3.20. The van der Waals surface area contributed by atoms with E-state index in [9.17, 15) is 9.90 Å². The Bertz CT molecular complexity index is 223. The third-order valence-corrected chi connectivity index (χ3v) is 2.30. The summed E-state index contributed by atoms with van der Waals surface area (Å²) in [7, 11) is 0. The van der Waals surface area contributed by atoms with Gasteiger partial charge in [-0.15, -0.1) is 0 Å². The zero-order chi connectivity index (χ0) is 9.84. The molecule has 0 aromatic heterocycles. The maximum Gasteiger partial charge on any atom is 0.249 e. The maximum atomic E-state index is 11.6. The van der Waals surface area contributed by atoms with E-state index in [-0.39, 0.29) is 12.0 Å². The SMILES string of the molecule is CCC=C(C)C(=O)N1CC[C@H](O)C1. The van der Waals surface area contributed by atoms with Crippen molar-refractivity contribution in [1.29, 1.82) is 0 Å². The van der Waals surface area contributed by atoms with Gasteiger partial charge in [-0.1, -0.05) is 13.0 Å². The first-order chi connectivity index (χ1) is 6.15. The highest BCUT2D eigenvalue weighted by atomic mass is 16.3. The van der Waals surface area contributed by atoms with Crippen molar-refractivity contribution in [2.75, 3.05) is 13.1 Å². The third kappa shape index (κ3) is 2.56. The highest BCUT2D eigenvalue weighted by Gasteiger charge is 2.24. The van der Waals surface area contributed by atoms with Gasteiger partial charge in [0.05, 0.1) is 6.10 Å². The molecule has 0 saturated carbocycles. The summed E-state index contributed by atoms with van der Waals surface area (Å²) in [5, 5.41) is 9.25. The Hall–Kier alpha value is -0.830. The molecule has 13 heavy (non-hydrogen) atoms. The molecular formula is C10H17NO2. The molecule has 0 aliphatic carbocycles. The summed E-state index contributed by atoms with van der Waals surface area (Å²) in [6, 6.07) is 0. The zero-order valence-electron chi connectivity index (χ0n) is 8.29. The Balaban J connectivity index is 2.53. The lowest BCUT2D eigenvalue weighted by molar-refractivity contribution is -0.126. The second-order valence-electron chi connectivity index (χ2n) is 3.49. The molecule has 0 unspecified atom stereocenters. The van der Waals surface area contributed by atoms with Crippen LogP contribution in [-0.4, -0.2) is 35.1 Å². The Morgan fingerprint density at radius 3 is 2.85 bits per heavy atom. The van der Waals surface area contributed by atoms with Gasteiger partial charge in [-0.25, -0.2) is 0 Å². The number of allylic oxidation sites excluding steroid dienone is 1. The smallest absolute Gasteiger partial charge is 0.249 e. The lowest BCUT2D eigenvalue weighted by Gasteiger charge is -2.15. The molecule has 0 bridgehead atoms. The van der Waals surface area contributed by atoms with Crippen LogP contribution in [0.15, 0.2) is 11.6 Å². The lowest BCUT2D eigenvalue weighted by Crippen LogP contribution is -2.30. The van der Waals surface area contributed by atoms with Crippen LogP contribution >= 0.6 is 0 Å². The number of likely N-dealkylation sites (tertiary alicyclic amines) is 1. The van der Waals surface area contributed by atoms with E-state index in [1.54, 1.807) is 4.90 Å². The van der Waals surface area contributed by atoms with Gasteiger partial charge >= 0.3 is 0 Å². The van der Waals surface area contributed by atoms with E-state index >= 15 is 0 Å². The molecule has 0 radical (unpaired) electrons. The summed E-state index contributed by atoms with van der Waals surface area (Å²) in [6.45, 7) is 5.02. The molecule has 1 heterocycles. The largest absolute Gasteiger partial charge is 0.391 e. The average Bonchev–Trinajstić information content (AvgIpc) is 2.51. The molecule has 0 aromatic carbocycles. The summed E-state index contributed by atoms with van der Waals surface area (Å²) in [4.78, 5) is 13.3. The normalized spacial score (nSPS) is 23.8. The van der Waals surface area contributed by atoms with Crippen molar-refractivity contribution in [2.24, 2.45) is 0 Å². The van der Waals surface area contributed by atoms with Gasteiger partial charge in [0.1, 0.15) is 0 Å². The number of carbonyl (C=O) groups excluding carboxylic acids is 1. The van der Waals surface area contributed by atoms with Crippen LogP contribution < -0.4 is 0 Å². The second kappa shape index (κ2) is 4.42. The molecule has 1 N–H and O–H groups in total. The number of rotatable bonds is 2. The first kappa shape index (κ1) is 10.3. The molecule has 1 aliphatic rings. The van der Waals surface area contributed by atoms with E-state index in [4.69, 9.17) is 0 Å². The number of nitrogens with zero attached hydrogens (tertiary/aromatic N) is 1. The summed E-state index contributed by atoms with van der Waals surface area (Å²) in [5.41, 5.74) is 0.789. The van der Waals surface area contributed by atoms with Crippen molar-refractivity contribution in [2.45, 2.75) is 32.8 Å².